The van der Waals surface area contributed by atoms with Crippen LogP contribution in [-0.2, 0) is 57.5 Å². The van der Waals surface area contributed by atoms with E-state index in [0.29, 0.717) is 0 Å². The molecule has 492 valence electrons. The quantitative estimate of drug-likeness (QED) is 0.217. The van der Waals surface area contributed by atoms with Gasteiger partial charge in [0.05, 0.1) is 12.1 Å². The summed E-state index contributed by atoms with van der Waals surface area (Å²) in [5.74, 6) is -10.5. The maximum atomic E-state index is 15.3. The minimum absolute atomic E-state index is 0.118. The maximum Gasteiger partial charge on any atom is 0.246 e. The molecule has 23 heteroatoms. The second-order valence-corrected chi connectivity index (χ2v) is 27.6. The standard InChI is InChI=1S/C63H112N10O13/c1-32(2)26-43-54(76)64-41(17)47(74)30-40(16)57(79)70(22)45(28-34(5)6)59(81)71(23)46(29-35(7)8)60(82)72(24)51(38(13)14)63(85)73(25)52(53-39(15)31-48(75)86-53)56(78)66-49(36(9)10)61(83)67(19)42(18)58(80)68(20)44(27-33(3)4)55(77)65-50(37(11)12)62(84)69(43)21/h32-46,48-53,75H,26-31H2,1-25H3,(H,64,76)(H,65,77)(H,66,78)/t39-,40-,41-,42-,43-,44+,45-,46-,48?,49-,50-,51-,52-,53-/m1/s1. The van der Waals surface area contributed by atoms with E-state index in [0.717, 1.165) is 0 Å². The van der Waals surface area contributed by atoms with Crippen molar-refractivity contribution in [3.05, 3.63) is 0 Å². The SMILES string of the molecule is CC(C)C[C@@H]1C(=O)N(C)[C@H](CC(C)C)C(=O)N(C)[C@H](C(C)C)C(=O)N(C)[C@H]([C@@H]2OC(O)C[C@H]2C)C(=O)N[C@H](C(C)C)C(=O)N(C)[C@H](C)C(=O)N(C)[C@@H](CC(C)C)C(=O)N[C@H](C(C)C)C(=O)N(C)[C@H](CC(C)C)C(=O)N[C@H](C)C(=O)C[C@@H](C)C(=O)N1C. The first kappa shape index (κ1) is 76.4. The number of rotatable bonds is 12. The molecule has 23 nitrogen and oxygen atoms in total. The van der Waals surface area contributed by atoms with Crippen molar-refractivity contribution in [2.24, 2.45) is 53.3 Å². The average Bonchev–Trinajstić information content (AvgIpc) is 3.28. The lowest BCUT2D eigenvalue weighted by molar-refractivity contribution is -0.161. The number of hydrogen-bond acceptors (Lipinski definition) is 13. The fourth-order valence-corrected chi connectivity index (χ4v) is 11.6. The van der Waals surface area contributed by atoms with Crippen LogP contribution in [0.3, 0.4) is 0 Å². The van der Waals surface area contributed by atoms with E-state index in [9.17, 15) is 38.7 Å². The molecule has 10 amide bonds. The van der Waals surface area contributed by atoms with Crippen LogP contribution in [0.1, 0.15) is 163 Å². The van der Waals surface area contributed by atoms with Gasteiger partial charge in [0.15, 0.2) is 12.1 Å². The number of amides is 10. The van der Waals surface area contributed by atoms with Gasteiger partial charge in [-0.05, 0) is 86.9 Å². The zero-order valence-corrected chi connectivity index (χ0v) is 56.8. The molecule has 2 aliphatic rings. The Labute approximate surface area is 514 Å². The zero-order chi connectivity index (χ0) is 66.6. The predicted molar refractivity (Wildman–Crippen MR) is 329 cm³/mol. The van der Waals surface area contributed by atoms with Gasteiger partial charge in [0, 0.05) is 68.1 Å². The third-order valence-electron chi connectivity index (χ3n) is 17.2. The molecule has 0 spiro atoms. The Hall–Kier alpha value is -5.71. The third kappa shape index (κ3) is 19.6. The molecule has 14 atom stereocenters. The van der Waals surface area contributed by atoms with Crippen LogP contribution in [0.25, 0.3) is 0 Å². The molecule has 4 N–H and O–H groups in total. The normalized spacial score (nSPS) is 30.4. The van der Waals surface area contributed by atoms with Gasteiger partial charge in [0.25, 0.3) is 0 Å². The van der Waals surface area contributed by atoms with E-state index in [-0.39, 0.29) is 62.2 Å². The lowest BCUT2D eigenvalue weighted by atomic mass is 9.92. The van der Waals surface area contributed by atoms with E-state index in [1.807, 2.05) is 55.4 Å². The van der Waals surface area contributed by atoms with Crippen LogP contribution < -0.4 is 16.0 Å². The Bertz CT molecular complexity index is 2380. The monoisotopic (exact) mass is 1220 g/mol. The van der Waals surface area contributed by atoms with Gasteiger partial charge in [-0.25, -0.2) is 0 Å². The fraction of sp³-hybridized carbons (Fsp3) is 0.825. The van der Waals surface area contributed by atoms with Crippen LogP contribution >= 0.6 is 0 Å². The van der Waals surface area contributed by atoms with Crippen LogP contribution in [0.15, 0.2) is 0 Å². The number of carbonyl (C=O) groups is 11. The third-order valence-corrected chi connectivity index (χ3v) is 17.2. The number of Topliss-reactive ketones (excluding diaryl/α,β-unsaturated/α-hetero) is 1. The van der Waals surface area contributed by atoms with Gasteiger partial charge in [-0.2, -0.15) is 0 Å². The molecule has 0 saturated carbocycles. The molecule has 0 bridgehead atoms. The second-order valence-electron chi connectivity index (χ2n) is 27.6. The van der Waals surface area contributed by atoms with Gasteiger partial charge in [-0.3, -0.25) is 52.7 Å². The number of likely N-dealkylation sites (N-methyl/N-ethyl adjacent to an activating group) is 7. The van der Waals surface area contributed by atoms with Crippen LogP contribution in [0.5, 0.6) is 0 Å². The van der Waals surface area contributed by atoms with Gasteiger partial charge in [-0.15, -0.1) is 0 Å². The van der Waals surface area contributed by atoms with E-state index >= 15 is 19.2 Å². The summed E-state index contributed by atoms with van der Waals surface area (Å²) in [5, 5.41) is 19.3. The van der Waals surface area contributed by atoms with Crippen molar-refractivity contribution >= 4 is 64.9 Å². The van der Waals surface area contributed by atoms with Crippen molar-refractivity contribution in [3.63, 3.8) is 0 Å². The smallest absolute Gasteiger partial charge is 0.246 e. The van der Waals surface area contributed by atoms with E-state index in [1.54, 1.807) is 55.4 Å². The average molecular weight is 1220 g/mol. The lowest BCUT2D eigenvalue weighted by Crippen LogP contribution is -2.64. The summed E-state index contributed by atoms with van der Waals surface area (Å²) in [7, 11) is 10.1. The number of nitrogens with zero attached hydrogens (tertiary/aromatic N) is 7. The van der Waals surface area contributed by atoms with Crippen molar-refractivity contribution in [2.45, 2.75) is 236 Å². The summed E-state index contributed by atoms with van der Waals surface area (Å²) >= 11 is 0. The first-order chi connectivity index (χ1) is 39.5. The highest BCUT2D eigenvalue weighted by Gasteiger charge is 2.49. The molecular formula is C63H112N10O13. The van der Waals surface area contributed by atoms with Gasteiger partial charge in [0.2, 0.25) is 59.1 Å². The summed E-state index contributed by atoms with van der Waals surface area (Å²) < 4.78 is 5.97. The number of aliphatic hydroxyl groups is 1. The van der Waals surface area contributed by atoms with E-state index < -0.39 is 167 Å². The minimum atomic E-state index is -1.47. The van der Waals surface area contributed by atoms with Gasteiger partial charge in [-0.1, -0.05) is 111 Å². The molecule has 2 aliphatic heterocycles. The lowest BCUT2D eigenvalue weighted by Gasteiger charge is -2.41. The van der Waals surface area contributed by atoms with Crippen molar-refractivity contribution in [1.29, 1.82) is 0 Å². The largest absolute Gasteiger partial charge is 0.368 e. The molecule has 0 aromatic carbocycles. The zero-order valence-electron chi connectivity index (χ0n) is 56.8. The molecule has 0 radical (unpaired) electrons. The van der Waals surface area contributed by atoms with Crippen molar-refractivity contribution in [3.8, 4) is 0 Å². The number of aliphatic hydroxyl groups excluding tert-OH is 1. The minimum Gasteiger partial charge on any atom is -0.368 e. The maximum absolute atomic E-state index is 15.3. The molecule has 0 aromatic heterocycles. The molecule has 2 heterocycles. The highest BCUT2D eigenvalue weighted by atomic mass is 16.6. The first-order valence-electron chi connectivity index (χ1n) is 31.2. The Morgan fingerprint density at radius 2 is 0.802 bits per heavy atom. The van der Waals surface area contributed by atoms with Crippen molar-refractivity contribution in [1.82, 2.24) is 50.2 Å². The summed E-state index contributed by atoms with van der Waals surface area (Å²) in [4.78, 5) is 171. The van der Waals surface area contributed by atoms with Crippen LogP contribution in [0.4, 0.5) is 0 Å². The molecule has 86 heavy (non-hydrogen) atoms. The summed E-state index contributed by atoms with van der Waals surface area (Å²) in [6.45, 7) is 31.7. The molecule has 1 unspecified atom stereocenters. The van der Waals surface area contributed by atoms with Crippen molar-refractivity contribution < 1.29 is 62.6 Å². The molecule has 2 saturated heterocycles. The summed E-state index contributed by atoms with van der Waals surface area (Å²) in [6, 6.07) is -12.0. The van der Waals surface area contributed by atoms with E-state index in [1.165, 1.54) is 97.5 Å². The fourth-order valence-electron chi connectivity index (χ4n) is 11.6. The molecule has 2 fully saturated rings. The number of hydrogen-bond donors (Lipinski definition) is 4. The Kier molecular flexibility index (Phi) is 29.3. The number of ether oxygens (including phenoxy) is 1. The summed E-state index contributed by atoms with van der Waals surface area (Å²) in [5.41, 5.74) is 0. The van der Waals surface area contributed by atoms with E-state index in [4.69, 9.17) is 4.74 Å². The van der Waals surface area contributed by atoms with Crippen LogP contribution in [0.2, 0.25) is 0 Å². The Morgan fingerprint density at radius 1 is 0.430 bits per heavy atom. The highest BCUT2D eigenvalue weighted by Crippen LogP contribution is 2.31. The van der Waals surface area contributed by atoms with Gasteiger partial charge in [0.1, 0.15) is 54.4 Å². The number of nitrogens with one attached hydrogen (secondary N) is 3. The predicted octanol–water partition coefficient (Wildman–Crippen LogP) is 3.77. The second kappa shape index (κ2) is 33.0. The summed E-state index contributed by atoms with van der Waals surface area (Å²) in [6.07, 6.45) is -1.90. The number of carbonyl (C=O) groups excluding carboxylic acids is 11. The highest BCUT2D eigenvalue weighted by molar-refractivity contribution is 6.00. The van der Waals surface area contributed by atoms with Crippen molar-refractivity contribution in [2.75, 3.05) is 49.3 Å². The molecule has 2 rings (SSSR count). The Balaban J connectivity index is 3.01. The molecule has 0 aromatic rings. The number of ketones is 1. The van der Waals surface area contributed by atoms with Crippen LogP contribution in [-0.4, -0.2) is 226 Å². The molecular weight excluding hydrogens is 1100 g/mol. The van der Waals surface area contributed by atoms with E-state index in [2.05, 4.69) is 16.0 Å². The van der Waals surface area contributed by atoms with Gasteiger partial charge < -0.3 is 60.1 Å². The Morgan fingerprint density at radius 3 is 1.21 bits per heavy atom. The van der Waals surface area contributed by atoms with Gasteiger partial charge >= 0.3 is 0 Å². The topological polar surface area (TPSA) is 276 Å². The molecule has 0 aliphatic carbocycles. The van der Waals surface area contributed by atoms with Crippen LogP contribution in [0, 0.1) is 53.3 Å². The first-order valence-corrected chi connectivity index (χ1v) is 31.2.